The Morgan fingerprint density at radius 1 is 1.16 bits per heavy atom. The standard InChI is InChI=1S/C16H19N2O/c1-12-11-17-18(14-6-8-15(19)9-7-14)16(12)10-13-4-2-3-5-13/h6-9,11,19H,2-5,10H2,1H3. The van der Waals surface area contributed by atoms with Gasteiger partial charge in [-0.05, 0) is 61.9 Å². The summed E-state index contributed by atoms with van der Waals surface area (Å²) in [5.74, 6) is 1.93. The molecule has 3 heteroatoms. The van der Waals surface area contributed by atoms with Crippen LogP contribution in [0.2, 0.25) is 0 Å². The van der Waals surface area contributed by atoms with Crippen LogP contribution in [0, 0.1) is 12.8 Å². The molecule has 1 aromatic carbocycles. The van der Waals surface area contributed by atoms with Gasteiger partial charge in [-0.25, -0.2) is 4.68 Å². The van der Waals surface area contributed by atoms with Gasteiger partial charge in [0.2, 0.25) is 0 Å². The van der Waals surface area contributed by atoms with Crippen molar-refractivity contribution in [3.05, 3.63) is 47.6 Å². The van der Waals surface area contributed by atoms with Gasteiger partial charge < -0.3 is 5.11 Å². The number of aromatic nitrogens is 2. The topological polar surface area (TPSA) is 38.0 Å². The van der Waals surface area contributed by atoms with Crippen LogP contribution in [0.4, 0.5) is 0 Å². The smallest absolute Gasteiger partial charge is 0.115 e. The summed E-state index contributed by atoms with van der Waals surface area (Å²) >= 11 is 0. The normalized spacial score (nSPS) is 16.1. The van der Waals surface area contributed by atoms with Crippen molar-refractivity contribution < 1.29 is 5.11 Å². The molecule has 2 aromatic rings. The number of nitrogens with zero attached hydrogens (tertiary/aromatic N) is 2. The summed E-state index contributed by atoms with van der Waals surface area (Å²) < 4.78 is 2.00. The minimum absolute atomic E-state index is 0.291. The molecule has 0 saturated heterocycles. The van der Waals surface area contributed by atoms with Gasteiger partial charge in [0.1, 0.15) is 5.75 Å². The monoisotopic (exact) mass is 255 g/mol. The molecule has 99 valence electrons. The number of hydrogen-bond acceptors (Lipinski definition) is 2. The Morgan fingerprint density at radius 3 is 2.53 bits per heavy atom. The second-order valence-corrected chi connectivity index (χ2v) is 5.34. The summed E-state index contributed by atoms with van der Waals surface area (Å²) in [6, 6.07) is 7.23. The van der Waals surface area contributed by atoms with Gasteiger partial charge in [-0.3, -0.25) is 0 Å². The molecule has 0 atom stereocenters. The third kappa shape index (κ3) is 2.50. The zero-order valence-corrected chi connectivity index (χ0v) is 11.3. The zero-order valence-electron chi connectivity index (χ0n) is 11.3. The van der Waals surface area contributed by atoms with Crippen molar-refractivity contribution >= 4 is 0 Å². The van der Waals surface area contributed by atoms with Crippen molar-refractivity contribution in [1.29, 1.82) is 0 Å². The summed E-state index contributed by atoms with van der Waals surface area (Å²) in [7, 11) is 0. The SMILES string of the molecule is Cc1cnn(-c2ccc(O)cc2)c1C[C]1CCCC1. The highest BCUT2D eigenvalue weighted by atomic mass is 16.3. The van der Waals surface area contributed by atoms with Crippen LogP contribution in [0.5, 0.6) is 5.75 Å². The Bertz CT molecular complexity index is 551. The van der Waals surface area contributed by atoms with E-state index in [9.17, 15) is 5.11 Å². The number of aryl methyl sites for hydroxylation is 1. The van der Waals surface area contributed by atoms with E-state index in [1.54, 1.807) is 18.1 Å². The van der Waals surface area contributed by atoms with Crippen LogP contribution in [0.25, 0.3) is 5.69 Å². The fraction of sp³-hybridized carbons (Fsp3) is 0.375. The van der Waals surface area contributed by atoms with Gasteiger partial charge in [0.05, 0.1) is 11.9 Å². The number of aromatic hydroxyl groups is 1. The Kier molecular flexibility index (Phi) is 3.28. The molecule has 0 spiro atoms. The number of hydrogen-bond donors (Lipinski definition) is 1. The quantitative estimate of drug-likeness (QED) is 0.910. The molecule has 1 heterocycles. The van der Waals surface area contributed by atoms with Gasteiger partial charge in [-0.1, -0.05) is 12.8 Å². The molecule has 1 aliphatic carbocycles. The molecule has 0 unspecified atom stereocenters. The van der Waals surface area contributed by atoms with Crippen LogP contribution in [-0.4, -0.2) is 14.9 Å². The van der Waals surface area contributed by atoms with E-state index in [0.29, 0.717) is 5.75 Å². The highest BCUT2D eigenvalue weighted by Crippen LogP contribution is 2.31. The van der Waals surface area contributed by atoms with E-state index < -0.39 is 0 Å². The molecule has 0 aliphatic heterocycles. The van der Waals surface area contributed by atoms with E-state index in [4.69, 9.17) is 0 Å². The Labute approximate surface area is 113 Å². The van der Waals surface area contributed by atoms with E-state index in [2.05, 4.69) is 12.0 Å². The largest absolute Gasteiger partial charge is 0.508 e. The maximum Gasteiger partial charge on any atom is 0.115 e. The lowest BCUT2D eigenvalue weighted by Crippen LogP contribution is -2.07. The molecule has 1 radical (unpaired) electrons. The first-order valence-electron chi connectivity index (χ1n) is 6.90. The van der Waals surface area contributed by atoms with Crippen molar-refractivity contribution in [3.8, 4) is 11.4 Å². The Hall–Kier alpha value is -1.77. The van der Waals surface area contributed by atoms with Crippen molar-refractivity contribution in [3.63, 3.8) is 0 Å². The predicted octanol–water partition coefficient (Wildman–Crippen LogP) is 3.58. The molecule has 1 aromatic heterocycles. The van der Waals surface area contributed by atoms with Gasteiger partial charge in [0.15, 0.2) is 0 Å². The fourth-order valence-electron chi connectivity index (χ4n) is 2.77. The van der Waals surface area contributed by atoms with Crippen LogP contribution in [0.3, 0.4) is 0 Å². The van der Waals surface area contributed by atoms with Crippen molar-refractivity contribution in [1.82, 2.24) is 9.78 Å². The lowest BCUT2D eigenvalue weighted by atomic mass is 10.00. The lowest BCUT2D eigenvalue weighted by Gasteiger charge is -2.12. The minimum Gasteiger partial charge on any atom is -0.508 e. The predicted molar refractivity (Wildman–Crippen MR) is 75.4 cm³/mol. The van der Waals surface area contributed by atoms with Crippen molar-refractivity contribution in [2.75, 3.05) is 0 Å². The summed E-state index contributed by atoms with van der Waals surface area (Å²) in [6.07, 6.45) is 8.16. The number of phenols is 1. The second-order valence-electron chi connectivity index (χ2n) is 5.34. The first-order valence-corrected chi connectivity index (χ1v) is 6.90. The highest BCUT2D eigenvalue weighted by molar-refractivity contribution is 5.39. The molecule has 3 rings (SSSR count). The van der Waals surface area contributed by atoms with E-state index in [1.807, 2.05) is 23.0 Å². The second kappa shape index (κ2) is 5.08. The van der Waals surface area contributed by atoms with Crippen LogP contribution in [-0.2, 0) is 6.42 Å². The molecule has 1 N–H and O–H groups in total. The summed E-state index contributed by atoms with van der Waals surface area (Å²) in [5.41, 5.74) is 3.54. The molecule has 0 bridgehead atoms. The van der Waals surface area contributed by atoms with E-state index in [1.165, 1.54) is 36.9 Å². The minimum atomic E-state index is 0.291. The van der Waals surface area contributed by atoms with E-state index >= 15 is 0 Å². The number of phenolic OH excluding ortho intramolecular Hbond substituents is 1. The Balaban J connectivity index is 1.91. The summed E-state index contributed by atoms with van der Waals surface area (Å²) in [4.78, 5) is 0. The lowest BCUT2D eigenvalue weighted by molar-refractivity contribution is 0.475. The number of rotatable bonds is 3. The Morgan fingerprint density at radius 2 is 1.84 bits per heavy atom. The van der Waals surface area contributed by atoms with Crippen LogP contribution >= 0.6 is 0 Å². The van der Waals surface area contributed by atoms with Crippen LogP contribution in [0.1, 0.15) is 36.9 Å². The summed E-state index contributed by atoms with van der Waals surface area (Å²) in [6.45, 7) is 2.12. The summed E-state index contributed by atoms with van der Waals surface area (Å²) in [5, 5.41) is 13.9. The van der Waals surface area contributed by atoms with Crippen LogP contribution < -0.4 is 0 Å². The van der Waals surface area contributed by atoms with Crippen LogP contribution in [0.15, 0.2) is 30.5 Å². The molecule has 3 nitrogen and oxygen atoms in total. The van der Waals surface area contributed by atoms with Gasteiger partial charge in [-0.2, -0.15) is 5.10 Å². The van der Waals surface area contributed by atoms with Gasteiger partial charge >= 0.3 is 0 Å². The third-order valence-electron chi connectivity index (χ3n) is 3.90. The molecular weight excluding hydrogens is 236 g/mol. The van der Waals surface area contributed by atoms with Crippen molar-refractivity contribution in [2.24, 2.45) is 0 Å². The average molecular weight is 255 g/mol. The average Bonchev–Trinajstić information content (AvgIpc) is 3.03. The zero-order chi connectivity index (χ0) is 13.2. The maximum atomic E-state index is 9.37. The van der Waals surface area contributed by atoms with Gasteiger partial charge in [0, 0.05) is 5.69 Å². The fourth-order valence-corrected chi connectivity index (χ4v) is 2.77. The molecule has 19 heavy (non-hydrogen) atoms. The molecule has 0 amide bonds. The van der Waals surface area contributed by atoms with E-state index in [-0.39, 0.29) is 0 Å². The van der Waals surface area contributed by atoms with Crippen molar-refractivity contribution in [2.45, 2.75) is 39.0 Å². The number of benzene rings is 1. The molecule has 1 saturated carbocycles. The van der Waals surface area contributed by atoms with E-state index in [0.717, 1.165) is 12.1 Å². The first kappa shape index (κ1) is 12.3. The molecule has 1 fully saturated rings. The highest BCUT2D eigenvalue weighted by Gasteiger charge is 2.19. The first-order chi connectivity index (χ1) is 9.24. The third-order valence-corrected chi connectivity index (χ3v) is 3.90. The molecule has 1 aliphatic rings. The van der Waals surface area contributed by atoms with Gasteiger partial charge in [0.25, 0.3) is 0 Å². The van der Waals surface area contributed by atoms with Gasteiger partial charge in [-0.15, -0.1) is 0 Å². The maximum absolute atomic E-state index is 9.37. The molecular formula is C16H19N2O.